The first-order valence-corrected chi connectivity index (χ1v) is 4.94. The summed E-state index contributed by atoms with van der Waals surface area (Å²) in [5.74, 6) is 0. The zero-order valence-corrected chi connectivity index (χ0v) is 8.68. The fourth-order valence-corrected chi connectivity index (χ4v) is 1.93. The van der Waals surface area contributed by atoms with Crippen LogP contribution in [-0.4, -0.2) is 14.6 Å². The molecule has 2 heterocycles. The largest absolute Gasteiger partial charge is 0.236 e. The monoisotopic (exact) mass is 208 g/mol. The average Bonchev–Trinajstić information content (AvgIpc) is 2.65. The lowest BCUT2D eigenvalue weighted by Crippen LogP contribution is -1.90. The van der Waals surface area contributed by atoms with Gasteiger partial charge in [0.2, 0.25) is 0 Å². The lowest BCUT2D eigenvalue weighted by atomic mass is 10.1. The minimum atomic E-state index is 0.624. The maximum atomic E-state index is 9.14. The molecule has 0 atom stereocenters. The van der Waals surface area contributed by atoms with Gasteiger partial charge in [0.05, 0.1) is 16.7 Å². The first-order valence-electron chi connectivity index (χ1n) is 4.94. The molecule has 16 heavy (non-hydrogen) atoms. The molecule has 0 saturated heterocycles. The molecule has 1 aromatic carbocycles. The number of nitriles is 1. The summed E-state index contributed by atoms with van der Waals surface area (Å²) in [5, 5.41) is 14.4. The molecular formula is C12H8N4. The van der Waals surface area contributed by atoms with E-state index in [9.17, 15) is 0 Å². The molecule has 0 saturated carbocycles. The second-order valence-corrected chi connectivity index (χ2v) is 3.63. The molecule has 0 amide bonds. The van der Waals surface area contributed by atoms with Crippen molar-refractivity contribution in [2.45, 2.75) is 6.92 Å². The Balaban J connectivity index is 2.64. The van der Waals surface area contributed by atoms with E-state index in [4.69, 9.17) is 5.26 Å². The fraction of sp³-hybridized carbons (Fsp3) is 0.0833. The van der Waals surface area contributed by atoms with Crippen LogP contribution in [0, 0.1) is 18.3 Å². The number of rotatable bonds is 0. The molecule has 2 aromatic heterocycles. The van der Waals surface area contributed by atoms with Crippen LogP contribution >= 0.6 is 0 Å². The zero-order valence-electron chi connectivity index (χ0n) is 8.68. The van der Waals surface area contributed by atoms with E-state index in [1.165, 1.54) is 0 Å². The van der Waals surface area contributed by atoms with Gasteiger partial charge in [-0.15, -0.1) is 0 Å². The normalized spacial score (nSPS) is 10.8. The highest BCUT2D eigenvalue weighted by Crippen LogP contribution is 2.22. The Morgan fingerprint density at radius 2 is 2.12 bits per heavy atom. The van der Waals surface area contributed by atoms with E-state index in [0.29, 0.717) is 5.56 Å². The van der Waals surface area contributed by atoms with Crippen LogP contribution in [0.2, 0.25) is 0 Å². The van der Waals surface area contributed by atoms with E-state index in [2.05, 4.69) is 16.2 Å². The number of aromatic nitrogens is 3. The summed E-state index contributed by atoms with van der Waals surface area (Å²) in [6.07, 6.45) is 1.64. The van der Waals surface area contributed by atoms with Crippen molar-refractivity contribution in [3.05, 3.63) is 41.9 Å². The van der Waals surface area contributed by atoms with Crippen LogP contribution in [0.15, 0.2) is 30.6 Å². The van der Waals surface area contributed by atoms with Crippen LogP contribution in [0.1, 0.15) is 11.3 Å². The summed E-state index contributed by atoms with van der Waals surface area (Å²) in [7, 11) is 0. The standard InChI is InChI=1S/C12H8N4/c1-8-10(6-13)12-9-4-2-3-5-11(9)14-7-16(12)15-8/h2-5,7H,1H3. The Kier molecular flexibility index (Phi) is 1.68. The quantitative estimate of drug-likeness (QED) is 0.568. The Morgan fingerprint density at radius 1 is 1.31 bits per heavy atom. The van der Waals surface area contributed by atoms with Crippen molar-refractivity contribution in [1.82, 2.24) is 14.6 Å². The molecular weight excluding hydrogens is 200 g/mol. The van der Waals surface area contributed by atoms with Crippen LogP contribution in [-0.2, 0) is 0 Å². The second-order valence-electron chi connectivity index (χ2n) is 3.63. The summed E-state index contributed by atoms with van der Waals surface area (Å²) in [6, 6.07) is 9.96. The Labute approximate surface area is 91.8 Å². The molecule has 0 spiro atoms. The van der Waals surface area contributed by atoms with Crippen molar-refractivity contribution in [2.75, 3.05) is 0 Å². The van der Waals surface area contributed by atoms with E-state index in [1.54, 1.807) is 10.8 Å². The number of benzene rings is 1. The van der Waals surface area contributed by atoms with Gasteiger partial charge in [-0.05, 0) is 13.0 Å². The van der Waals surface area contributed by atoms with Crippen molar-refractivity contribution in [2.24, 2.45) is 0 Å². The minimum Gasteiger partial charge on any atom is -0.236 e. The Bertz CT molecular complexity index is 734. The molecule has 76 valence electrons. The second kappa shape index (κ2) is 3.04. The van der Waals surface area contributed by atoms with Gasteiger partial charge < -0.3 is 0 Å². The lowest BCUT2D eigenvalue weighted by Gasteiger charge is -1.98. The van der Waals surface area contributed by atoms with Crippen molar-refractivity contribution in [3.8, 4) is 6.07 Å². The topological polar surface area (TPSA) is 54.0 Å². The lowest BCUT2D eigenvalue weighted by molar-refractivity contribution is 0.911. The molecule has 0 unspecified atom stereocenters. The van der Waals surface area contributed by atoms with Crippen molar-refractivity contribution in [1.29, 1.82) is 5.26 Å². The summed E-state index contributed by atoms with van der Waals surface area (Å²) in [5.41, 5.74) is 3.08. The van der Waals surface area contributed by atoms with Crippen LogP contribution < -0.4 is 0 Å². The van der Waals surface area contributed by atoms with Crippen LogP contribution in [0.25, 0.3) is 16.4 Å². The Morgan fingerprint density at radius 3 is 2.94 bits per heavy atom. The fourth-order valence-electron chi connectivity index (χ4n) is 1.93. The molecule has 0 aliphatic rings. The van der Waals surface area contributed by atoms with E-state index >= 15 is 0 Å². The van der Waals surface area contributed by atoms with Gasteiger partial charge in [-0.2, -0.15) is 10.4 Å². The van der Waals surface area contributed by atoms with Crippen molar-refractivity contribution >= 4 is 16.4 Å². The van der Waals surface area contributed by atoms with Gasteiger partial charge in [-0.1, -0.05) is 18.2 Å². The number of fused-ring (bicyclic) bond motifs is 3. The van der Waals surface area contributed by atoms with Gasteiger partial charge in [0.1, 0.15) is 18.0 Å². The SMILES string of the molecule is Cc1nn2cnc3ccccc3c2c1C#N. The summed E-state index contributed by atoms with van der Waals surface area (Å²) in [4.78, 5) is 4.29. The van der Waals surface area contributed by atoms with Gasteiger partial charge >= 0.3 is 0 Å². The van der Waals surface area contributed by atoms with Crippen molar-refractivity contribution < 1.29 is 0 Å². The van der Waals surface area contributed by atoms with Crippen LogP contribution in [0.5, 0.6) is 0 Å². The molecule has 3 aromatic rings. The van der Waals surface area contributed by atoms with Gasteiger partial charge in [0.25, 0.3) is 0 Å². The maximum Gasteiger partial charge on any atom is 0.118 e. The molecule has 0 aliphatic carbocycles. The highest BCUT2D eigenvalue weighted by Gasteiger charge is 2.11. The summed E-state index contributed by atoms with van der Waals surface area (Å²) in [6.45, 7) is 1.83. The molecule has 0 aliphatic heterocycles. The van der Waals surface area contributed by atoms with Gasteiger partial charge in [-0.25, -0.2) is 9.50 Å². The predicted octanol–water partition coefficient (Wildman–Crippen LogP) is 2.06. The van der Waals surface area contributed by atoms with Crippen LogP contribution in [0.4, 0.5) is 0 Å². The molecule has 0 fully saturated rings. The zero-order chi connectivity index (χ0) is 11.1. The predicted molar refractivity (Wildman–Crippen MR) is 59.9 cm³/mol. The number of para-hydroxylation sites is 1. The highest BCUT2D eigenvalue weighted by atomic mass is 15.2. The third-order valence-corrected chi connectivity index (χ3v) is 2.66. The smallest absolute Gasteiger partial charge is 0.118 e. The molecule has 0 bridgehead atoms. The van der Waals surface area contributed by atoms with Gasteiger partial charge in [0.15, 0.2) is 0 Å². The van der Waals surface area contributed by atoms with E-state index < -0.39 is 0 Å². The van der Waals surface area contributed by atoms with E-state index in [1.807, 2.05) is 31.2 Å². The summed E-state index contributed by atoms with van der Waals surface area (Å²) >= 11 is 0. The van der Waals surface area contributed by atoms with Crippen LogP contribution in [0.3, 0.4) is 0 Å². The van der Waals surface area contributed by atoms with Crippen molar-refractivity contribution in [3.63, 3.8) is 0 Å². The number of aryl methyl sites for hydroxylation is 1. The minimum absolute atomic E-state index is 0.624. The Hall–Kier alpha value is -2.41. The molecule has 3 rings (SSSR count). The molecule has 4 nitrogen and oxygen atoms in total. The molecule has 0 N–H and O–H groups in total. The average molecular weight is 208 g/mol. The number of hydrogen-bond donors (Lipinski definition) is 0. The highest BCUT2D eigenvalue weighted by molar-refractivity contribution is 5.96. The molecule has 4 heteroatoms. The summed E-state index contributed by atoms with van der Waals surface area (Å²) < 4.78 is 1.66. The van der Waals surface area contributed by atoms with E-state index in [-0.39, 0.29) is 0 Å². The first-order chi connectivity index (χ1) is 7.81. The maximum absolute atomic E-state index is 9.14. The van der Waals surface area contributed by atoms with Gasteiger partial charge in [-0.3, -0.25) is 0 Å². The third kappa shape index (κ3) is 1.03. The number of hydrogen-bond acceptors (Lipinski definition) is 3. The van der Waals surface area contributed by atoms with E-state index in [0.717, 1.165) is 22.1 Å². The third-order valence-electron chi connectivity index (χ3n) is 2.66. The number of nitrogens with zero attached hydrogens (tertiary/aromatic N) is 4. The molecule has 0 radical (unpaired) electrons. The first kappa shape index (κ1) is 8.86. The van der Waals surface area contributed by atoms with Gasteiger partial charge in [0, 0.05) is 5.39 Å².